The molecule has 1 atom stereocenters. The molecule has 0 spiro atoms. The maximum absolute atomic E-state index is 13.0. The number of likely N-dealkylation sites (tertiary alicyclic amines) is 1. The third kappa shape index (κ3) is 4.22. The van der Waals surface area contributed by atoms with E-state index in [-0.39, 0.29) is 24.1 Å². The fourth-order valence-electron chi connectivity index (χ4n) is 4.84. The fraction of sp³-hybridized carbons (Fsp3) is 0.360. The van der Waals surface area contributed by atoms with Crippen LogP contribution in [0.3, 0.4) is 0 Å². The van der Waals surface area contributed by atoms with E-state index in [1.54, 1.807) is 18.2 Å². The summed E-state index contributed by atoms with van der Waals surface area (Å²) in [6.45, 7) is 3.62. The van der Waals surface area contributed by atoms with E-state index in [9.17, 15) is 20.2 Å². The van der Waals surface area contributed by atoms with Crippen molar-refractivity contribution in [3.05, 3.63) is 75.5 Å². The number of para-hydroxylation sites is 1. The minimum absolute atomic E-state index is 0.000739. The highest BCUT2D eigenvalue weighted by molar-refractivity contribution is 5.83. The number of fused-ring (bicyclic) bond motifs is 1. The highest BCUT2D eigenvalue weighted by atomic mass is 16.6. The number of nitro groups is 1. The summed E-state index contributed by atoms with van der Waals surface area (Å²) in [6, 6.07) is 16.8. The van der Waals surface area contributed by atoms with Gasteiger partial charge >= 0.3 is 0 Å². The van der Waals surface area contributed by atoms with Crippen LogP contribution in [0.15, 0.2) is 48.5 Å². The molecule has 0 N–H and O–H groups in total. The first-order chi connectivity index (χ1) is 15.5. The number of rotatable bonds is 7. The number of carbonyl (C=O) groups is 1. The van der Waals surface area contributed by atoms with Crippen LogP contribution >= 0.6 is 0 Å². The van der Waals surface area contributed by atoms with Gasteiger partial charge in [-0.1, -0.05) is 24.3 Å². The number of nitrogens with zero attached hydrogens (tertiary/aromatic N) is 4. The number of hydrogen-bond donors (Lipinski definition) is 0. The molecule has 32 heavy (non-hydrogen) atoms. The number of carbonyl (C=O) groups excluding carboxylic acids is 1. The van der Waals surface area contributed by atoms with Gasteiger partial charge in [0.1, 0.15) is 0 Å². The number of amides is 1. The molecule has 1 aliphatic heterocycles. The molecule has 0 radical (unpaired) electrons. The van der Waals surface area contributed by atoms with Gasteiger partial charge in [0, 0.05) is 42.0 Å². The lowest BCUT2D eigenvalue weighted by Gasteiger charge is -2.25. The minimum atomic E-state index is -0.425. The van der Waals surface area contributed by atoms with Gasteiger partial charge < -0.3 is 9.47 Å². The number of aryl methyl sites for hydroxylation is 2. The smallest absolute Gasteiger partial charge is 0.273 e. The average molecular weight is 431 g/mol. The van der Waals surface area contributed by atoms with Crippen molar-refractivity contribution in [2.75, 3.05) is 6.54 Å². The van der Waals surface area contributed by atoms with Crippen LogP contribution in [0.5, 0.6) is 0 Å². The Bertz CT molecular complexity index is 1210. The zero-order chi connectivity index (χ0) is 22.7. The van der Waals surface area contributed by atoms with Crippen molar-refractivity contribution in [2.24, 2.45) is 0 Å². The maximum atomic E-state index is 13.0. The van der Waals surface area contributed by atoms with Crippen molar-refractivity contribution in [2.45, 2.75) is 51.6 Å². The monoisotopic (exact) mass is 430 g/mol. The summed E-state index contributed by atoms with van der Waals surface area (Å²) in [7, 11) is 0. The molecule has 1 aliphatic rings. The van der Waals surface area contributed by atoms with E-state index >= 15 is 0 Å². The van der Waals surface area contributed by atoms with Gasteiger partial charge in [0.15, 0.2) is 0 Å². The number of aromatic nitrogens is 1. The molecule has 1 fully saturated rings. The molecular formula is C25H26N4O3. The summed E-state index contributed by atoms with van der Waals surface area (Å²) in [5, 5.41) is 21.6. The van der Waals surface area contributed by atoms with Gasteiger partial charge in [0.05, 0.1) is 23.0 Å². The molecular weight excluding hydrogens is 404 g/mol. The van der Waals surface area contributed by atoms with Crippen LogP contribution in [0.1, 0.15) is 43.0 Å². The predicted molar refractivity (Wildman–Crippen MR) is 122 cm³/mol. The summed E-state index contributed by atoms with van der Waals surface area (Å²) in [6.07, 6.45) is 3.65. The highest BCUT2D eigenvalue weighted by Crippen LogP contribution is 2.27. The first-order valence-corrected chi connectivity index (χ1v) is 11.1. The predicted octanol–water partition coefficient (Wildman–Crippen LogP) is 4.61. The molecule has 0 aliphatic carbocycles. The summed E-state index contributed by atoms with van der Waals surface area (Å²) in [4.78, 5) is 25.8. The van der Waals surface area contributed by atoms with Gasteiger partial charge in [0.2, 0.25) is 5.91 Å². The van der Waals surface area contributed by atoms with Gasteiger partial charge in [-0.25, -0.2) is 0 Å². The van der Waals surface area contributed by atoms with E-state index < -0.39 is 4.92 Å². The second kappa shape index (κ2) is 9.23. The molecule has 2 aromatic carbocycles. The quantitative estimate of drug-likeness (QED) is 0.404. The molecule has 1 aromatic heterocycles. The molecule has 0 saturated carbocycles. The number of hydrogen-bond acceptors (Lipinski definition) is 4. The van der Waals surface area contributed by atoms with Gasteiger partial charge in [-0.15, -0.1) is 0 Å². The van der Waals surface area contributed by atoms with Crippen LogP contribution in [0.2, 0.25) is 0 Å². The van der Waals surface area contributed by atoms with Crippen LogP contribution in [0.25, 0.3) is 10.9 Å². The third-order valence-electron chi connectivity index (χ3n) is 6.40. The molecule has 0 bridgehead atoms. The normalized spacial score (nSPS) is 15.8. The van der Waals surface area contributed by atoms with Crippen LogP contribution in [-0.4, -0.2) is 32.9 Å². The summed E-state index contributed by atoms with van der Waals surface area (Å²) < 4.78 is 2.24. The standard InChI is InChI=1S/C25H26N4O3/c1-2-27-22(15-20-10-9-18(17-26)14-24(20)27)12-11-21-7-5-13-28(21)25(30)16-19-6-3-4-8-23(19)29(31)32/h3-4,6,8-10,14-15,21H,2,5,7,11-13,16H2,1H3. The number of nitriles is 1. The molecule has 1 saturated heterocycles. The molecule has 1 amide bonds. The first-order valence-electron chi connectivity index (χ1n) is 11.1. The molecule has 2 heterocycles. The second-order valence-corrected chi connectivity index (χ2v) is 8.25. The summed E-state index contributed by atoms with van der Waals surface area (Å²) >= 11 is 0. The number of benzene rings is 2. The van der Waals surface area contributed by atoms with Crippen LogP contribution < -0.4 is 0 Å². The van der Waals surface area contributed by atoms with E-state index in [2.05, 4.69) is 23.6 Å². The van der Waals surface area contributed by atoms with Crippen molar-refractivity contribution in [1.29, 1.82) is 5.26 Å². The molecule has 1 unspecified atom stereocenters. The molecule has 4 rings (SSSR count). The SMILES string of the molecule is CCn1c(CCC2CCCN2C(=O)Cc2ccccc2[N+](=O)[O-])cc2ccc(C#N)cc21. The lowest BCUT2D eigenvalue weighted by atomic mass is 10.1. The Hall–Kier alpha value is -3.66. The van der Waals surface area contributed by atoms with Crippen LogP contribution in [0.4, 0.5) is 5.69 Å². The Balaban J connectivity index is 1.48. The highest BCUT2D eigenvalue weighted by Gasteiger charge is 2.30. The Kier molecular flexibility index (Phi) is 6.22. The minimum Gasteiger partial charge on any atom is -0.345 e. The van der Waals surface area contributed by atoms with Crippen molar-refractivity contribution in [3.63, 3.8) is 0 Å². The Morgan fingerprint density at radius 3 is 2.81 bits per heavy atom. The van der Waals surface area contributed by atoms with E-state index in [0.717, 1.165) is 43.1 Å². The van der Waals surface area contributed by atoms with Crippen LogP contribution in [-0.2, 0) is 24.2 Å². The first kappa shape index (κ1) is 21.6. The summed E-state index contributed by atoms with van der Waals surface area (Å²) in [5.41, 5.74) is 3.39. The van der Waals surface area contributed by atoms with E-state index in [1.165, 1.54) is 11.8 Å². The zero-order valence-corrected chi connectivity index (χ0v) is 18.2. The third-order valence-corrected chi connectivity index (χ3v) is 6.40. The molecule has 7 nitrogen and oxygen atoms in total. The fourth-order valence-corrected chi connectivity index (χ4v) is 4.84. The second-order valence-electron chi connectivity index (χ2n) is 8.25. The van der Waals surface area contributed by atoms with Crippen molar-refractivity contribution in [1.82, 2.24) is 9.47 Å². The Morgan fingerprint density at radius 2 is 2.06 bits per heavy atom. The van der Waals surface area contributed by atoms with E-state index in [0.29, 0.717) is 17.7 Å². The lowest BCUT2D eigenvalue weighted by molar-refractivity contribution is -0.385. The largest absolute Gasteiger partial charge is 0.345 e. The van der Waals surface area contributed by atoms with Crippen molar-refractivity contribution in [3.8, 4) is 6.07 Å². The molecule has 164 valence electrons. The Morgan fingerprint density at radius 1 is 1.25 bits per heavy atom. The lowest BCUT2D eigenvalue weighted by Crippen LogP contribution is -2.37. The van der Waals surface area contributed by atoms with Crippen molar-refractivity contribution >= 4 is 22.5 Å². The maximum Gasteiger partial charge on any atom is 0.273 e. The topological polar surface area (TPSA) is 92.2 Å². The zero-order valence-electron chi connectivity index (χ0n) is 18.2. The number of nitro benzene ring substituents is 1. The van der Waals surface area contributed by atoms with Gasteiger partial charge in [-0.3, -0.25) is 14.9 Å². The van der Waals surface area contributed by atoms with Crippen molar-refractivity contribution < 1.29 is 9.72 Å². The van der Waals surface area contributed by atoms with E-state index in [4.69, 9.17) is 0 Å². The summed E-state index contributed by atoms with van der Waals surface area (Å²) in [5.74, 6) is -0.0449. The van der Waals surface area contributed by atoms with Gasteiger partial charge in [-0.2, -0.15) is 5.26 Å². The van der Waals surface area contributed by atoms with E-state index in [1.807, 2.05) is 23.1 Å². The average Bonchev–Trinajstić information content (AvgIpc) is 3.41. The molecule has 3 aromatic rings. The Labute approximate surface area is 187 Å². The van der Waals surface area contributed by atoms with Gasteiger partial charge in [-0.05, 0) is 56.2 Å². The van der Waals surface area contributed by atoms with Gasteiger partial charge in [0.25, 0.3) is 5.69 Å². The molecule has 7 heteroatoms. The van der Waals surface area contributed by atoms with Crippen LogP contribution in [0, 0.1) is 21.4 Å².